The highest BCUT2D eigenvalue weighted by Crippen LogP contribution is 2.35. The number of likely N-dealkylation sites (tertiary alicyclic amines) is 1. The van der Waals surface area contributed by atoms with E-state index in [-0.39, 0.29) is 29.5 Å². The van der Waals surface area contributed by atoms with Crippen LogP contribution in [0.5, 0.6) is 0 Å². The Balaban J connectivity index is 1.43. The SMILES string of the molecule is Cc1ccc(C2CCCN2C(=O)c2cc(C(=O)NNC(=O)[C@@](C)(Cc3ccccc3)NC(=O)OC(C)(C)C)cc(-c3ccccc3C#N)c2)o1. The molecular formula is C39H41N5O6. The summed E-state index contributed by atoms with van der Waals surface area (Å²) < 4.78 is 11.3. The minimum Gasteiger partial charge on any atom is -0.464 e. The molecule has 258 valence electrons. The molecule has 50 heavy (non-hydrogen) atoms. The Morgan fingerprint density at radius 2 is 1.62 bits per heavy atom. The van der Waals surface area contributed by atoms with Crippen molar-refractivity contribution < 1.29 is 28.3 Å². The number of amides is 4. The lowest BCUT2D eigenvalue weighted by Crippen LogP contribution is -2.61. The summed E-state index contributed by atoms with van der Waals surface area (Å²) in [5.74, 6) is -0.262. The minimum atomic E-state index is -1.53. The van der Waals surface area contributed by atoms with Crippen molar-refractivity contribution in [1.29, 1.82) is 5.26 Å². The fourth-order valence-corrected chi connectivity index (χ4v) is 6.01. The molecule has 2 heterocycles. The number of nitriles is 1. The first kappa shape index (κ1) is 35.4. The Hall–Kier alpha value is -5.89. The van der Waals surface area contributed by atoms with Crippen LogP contribution in [0.2, 0.25) is 0 Å². The van der Waals surface area contributed by atoms with Crippen LogP contribution < -0.4 is 16.2 Å². The second-order valence-electron chi connectivity index (χ2n) is 13.6. The standard InChI is InChI=1S/C39H41N5O6/c1-25-17-18-33(49-25)32-16-11-19-44(32)35(46)30-21-28(31-15-10-9-14-27(31)24-40)20-29(22-30)34(45)42-43-36(47)39(5,23-26-12-7-6-8-13-26)41-37(48)50-38(2,3)4/h6-10,12-15,17-18,20-22,32H,11,16,19,23H2,1-5H3,(H,41,48)(H,42,45)(H,43,47)/t32?,39-/m1/s1. The molecule has 1 aliphatic rings. The Morgan fingerprint density at radius 1 is 0.920 bits per heavy atom. The van der Waals surface area contributed by atoms with Crippen LogP contribution in [0, 0.1) is 18.3 Å². The smallest absolute Gasteiger partial charge is 0.408 e. The first-order chi connectivity index (χ1) is 23.8. The van der Waals surface area contributed by atoms with Crippen LogP contribution in [0.4, 0.5) is 4.79 Å². The molecule has 1 aromatic heterocycles. The van der Waals surface area contributed by atoms with Crippen LogP contribution >= 0.6 is 0 Å². The number of carbonyl (C=O) groups is 4. The molecule has 0 radical (unpaired) electrons. The zero-order valence-electron chi connectivity index (χ0n) is 28.8. The van der Waals surface area contributed by atoms with E-state index >= 15 is 0 Å². The maximum Gasteiger partial charge on any atom is 0.408 e. The van der Waals surface area contributed by atoms with Gasteiger partial charge in [0.05, 0.1) is 17.7 Å². The van der Waals surface area contributed by atoms with Gasteiger partial charge in [0.25, 0.3) is 17.7 Å². The lowest BCUT2D eigenvalue weighted by molar-refractivity contribution is -0.127. The van der Waals surface area contributed by atoms with Crippen LogP contribution in [0.15, 0.2) is 89.3 Å². The third kappa shape index (κ3) is 8.39. The van der Waals surface area contributed by atoms with Gasteiger partial charge in [-0.05, 0) is 101 Å². The molecular weight excluding hydrogens is 634 g/mol. The first-order valence-corrected chi connectivity index (χ1v) is 16.4. The Bertz CT molecular complexity index is 1940. The van der Waals surface area contributed by atoms with E-state index in [0.717, 1.165) is 24.2 Å². The highest BCUT2D eigenvalue weighted by molar-refractivity contribution is 6.03. The van der Waals surface area contributed by atoms with E-state index in [1.54, 1.807) is 62.1 Å². The van der Waals surface area contributed by atoms with Gasteiger partial charge >= 0.3 is 6.09 Å². The van der Waals surface area contributed by atoms with Crippen molar-refractivity contribution in [3.8, 4) is 17.2 Å². The number of rotatable bonds is 8. The summed E-state index contributed by atoms with van der Waals surface area (Å²) in [7, 11) is 0. The molecule has 1 fully saturated rings. The number of alkyl carbamates (subject to hydrolysis) is 1. The summed E-state index contributed by atoms with van der Waals surface area (Å²) in [6, 6.07) is 26.4. The fourth-order valence-electron chi connectivity index (χ4n) is 6.01. The van der Waals surface area contributed by atoms with Crippen molar-refractivity contribution in [1.82, 2.24) is 21.1 Å². The summed E-state index contributed by atoms with van der Waals surface area (Å²) in [5.41, 5.74) is 5.05. The highest BCUT2D eigenvalue weighted by Gasteiger charge is 2.37. The minimum absolute atomic E-state index is 0.0772. The van der Waals surface area contributed by atoms with Crippen LogP contribution in [-0.2, 0) is 16.0 Å². The van der Waals surface area contributed by atoms with Crippen molar-refractivity contribution in [2.75, 3.05) is 6.54 Å². The van der Waals surface area contributed by atoms with Crippen LogP contribution in [0.25, 0.3) is 11.1 Å². The number of hydrazine groups is 1. The van der Waals surface area contributed by atoms with E-state index in [1.807, 2.05) is 49.4 Å². The zero-order valence-corrected chi connectivity index (χ0v) is 28.8. The number of carbonyl (C=O) groups excluding carboxylic acids is 4. The van der Waals surface area contributed by atoms with Crippen LogP contribution in [0.1, 0.15) is 89.9 Å². The number of furan rings is 1. The normalized spacial score (nSPS) is 15.4. The summed E-state index contributed by atoms with van der Waals surface area (Å²) >= 11 is 0. The van der Waals surface area contributed by atoms with Gasteiger partial charge in [-0.25, -0.2) is 4.79 Å². The maximum absolute atomic E-state index is 14.1. The molecule has 11 heteroatoms. The topological polar surface area (TPSA) is 154 Å². The van der Waals surface area contributed by atoms with E-state index in [0.29, 0.717) is 29.0 Å². The lowest BCUT2D eigenvalue weighted by atomic mass is 9.92. The zero-order chi connectivity index (χ0) is 36.1. The van der Waals surface area contributed by atoms with Gasteiger partial charge in [0.1, 0.15) is 22.7 Å². The number of hydrogen-bond acceptors (Lipinski definition) is 7. The van der Waals surface area contributed by atoms with E-state index in [4.69, 9.17) is 9.15 Å². The van der Waals surface area contributed by atoms with Crippen LogP contribution in [0.3, 0.4) is 0 Å². The van der Waals surface area contributed by atoms with Crippen molar-refractivity contribution in [3.05, 3.63) is 119 Å². The average molecular weight is 676 g/mol. The van der Waals surface area contributed by atoms with Crippen LogP contribution in [-0.4, -0.2) is 46.4 Å². The largest absolute Gasteiger partial charge is 0.464 e. The predicted molar refractivity (Wildman–Crippen MR) is 187 cm³/mol. The molecule has 0 spiro atoms. The molecule has 0 bridgehead atoms. The molecule has 1 unspecified atom stereocenters. The van der Waals surface area contributed by atoms with Crippen molar-refractivity contribution in [3.63, 3.8) is 0 Å². The van der Waals surface area contributed by atoms with Gasteiger partial charge in [0.15, 0.2) is 0 Å². The van der Waals surface area contributed by atoms with Gasteiger partial charge in [-0.15, -0.1) is 0 Å². The third-order valence-electron chi connectivity index (χ3n) is 8.37. The quantitative estimate of drug-likeness (QED) is 0.183. The summed E-state index contributed by atoms with van der Waals surface area (Å²) in [4.78, 5) is 56.1. The number of hydrogen-bond donors (Lipinski definition) is 3. The van der Waals surface area contributed by atoms with Crippen molar-refractivity contribution in [2.24, 2.45) is 0 Å². The van der Waals surface area contributed by atoms with Gasteiger partial charge < -0.3 is 19.4 Å². The molecule has 2 atom stereocenters. The van der Waals surface area contributed by atoms with Gasteiger partial charge in [-0.2, -0.15) is 5.26 Å². The summed E-state index contributed by atoms with van der Waals surface area (Å²) in [6.45, 7) is 9.03. The molecule has 3 N–H and O–H groups in total. The molecule has 0 aliphatic carbocycles. The van der Waals surface area contributed by atoms with E-state index in [9.17, 15) is 24.4 Å². The van der Waals surface area contributed by atoms with Gasteiger partial charge in [-0.3, -0.25) is 25.2 Å². The fraction of sp³-hybridized carbons (Fsp3) is 0.308. The Morgan fingerprint density at radius 3 is 2.30 bits per heavy atom. The predicted octanol–water partition coefficient (Wildman–Crippen LogP) is 6.39. The monoisotopic (exact) mass is 675 g/mol. The number of nitrogens with zero attached hydrogens (tertiary/aromatic N) is 2. The summed E-state index contributed by atoms with van der Waals surface area (Å²) in [6.07, 6.45) is 0.814. The molecule has 3 aromatic carbocycles. The maximum atomic E-state index is 14.1. The number of benzene rings is 3. The van der Waals surface area contributed by atoms with Crippen molar-refractivity contribution in [2.45, 2.75) is 71.1 Å². The Labute approximate surface area is 291 Å². The molecule has 5 rings (SSSR count). The number of ether oxygens (including phenoxy) is 1. The van der Waals surface area contributed by atoms with E-state index in [2.05, 4.69) is 22.2 Å². The third-order valence-corrected chi connectivity index (χ3v) is 8.37. The molecule has 4 aromatic rings. The van der Waals surface area contributed by atoms with E-state index < -0.39 is 29.0 Å². The highest BCUT2D eigenvalue weighted by atomic mass is 16.6. The second kappa shape index (κ2) is 14.7. The number of nitrogens with one attached hydrogen (secondary N) is 3. The molecule has 1 aliphatic heterocycles. The van der Waals surface area contributed by atoms with Gasteiger partial charge in [-0.1, -0.05) is 48.5 Å². The first-order valence-electron chi connectivity index (χ1n) is 16.4. The van der Waals surface area contributed by atoms with Gasteiger partial charge in [0.2, 0.25) is 0 Å². The molecule has 1 saturated heterocycles. The second-order valence-corrected chi connectivity index (χ2v) is 13.6. The Kier molecular flexibility index (Phi) is 10.4. The molecule has 11 nitrogen and oxygen atoms in total. The average Bonchev–Trinajstić information content (AvgIpc) is 3.75. The molecule has 4 amide bonds. The van der Waals surface area contributed by atoms with Crippen molar-refractivity contribution >= 4 is 23.8 Å². The van der Waals surface area contributed by atoms with Gasteiger partial charge in [0, 0.05) is 24.1 Å². The summed E-state index contributed by atoms with van der Waals surface area (Å²) in [5, 5.41) is 12.5. The molecule has 0 saturated carbocycles. The lowest BCUT2D eigenvalue weighted by Gasteiger charge is -2.31. The van der Waals surface area contributed by atoms with E-state index in [1.165, 1.54) is 13.0 Å². The number of aryl methyl sites for hydroxylation is 1.